The van der Waals surface area contributed by atoms with Crippen LogP contribution in [0.1, 0.15) is 31.0 Å². The van der Waals surface area contributed by atoms with Crippen molar-refractivity contribution in [2.45, 2.75) is 33.6 Å². The van der Waals surface area contributed by atoms with Crippen LogP contribution in [0.25, 0.3) is 5.65 Å². The molecule has 2 rings (SSSR count). The summed E-state index contributed by atoms with van der Waals surface area (Å²) in [5.74, 6) is -0.865. The third-order valence-corrected chi connectivity index (χ3v) is 3.28. The number of amides is 1. The second kappa shape index (κ2) is 7.04. The van der Waals surface area contributed by atoms with E-state index in [9.17, 15) is 14.4 Å². The van der Waals surface area contributed by atoms with Gasteiger partial charge in [-0.2, -0.15) is 0 Å². The van der Waals surface area contributed by atoms with Gasteiger partial charge in [0.05, 0.1) is 18.7 Å². The molecule has 0 aliphatic rings. The number of hydrogen-bond acceptors (Lipinski definition) is 5. The molecule has 0 radical (unpaired) electrons. The van der Waals surface area contributed by atoms with Gasteiger partial charge >= 0.3 is 5.97 Å². The molecule has 0 saturated heterocycles. The molecule has 122 valence electrons. The Morgan fingerprint density at radius 1 is 1.26 bits per heavy atom. The van der Waals surface area contributed by atoms with Crippen LogP contribution >= 0.6 is 0 Å². The molecule has 2 aromatic rings. The molecule has 0 atom stereocenters. The summed E-state index contributed by atoms with van der Waals surface area (Å²) in [5.41, 5.74) is 1.64. The molecule has 0 aliphatic heterocycles. The van der Waals surface area contributed by atoms with Crippen molar-refractivity contribution in [3.63, 3.8) is 0 Å². The number of carbonyl (C=O) groups excluding carboxylic acids is 2. The molecule has 0 saturated carbocycles. The van der Waals surface area contributed by atoms with Gasteiger partial charge in [0.15, 0.2) is 0 Å². The van der Waals surface area contributed by atoms with E-state index in [2.05, 4.69) is 10.3 Å². The number of hydrogen-bond donors (Lipinski definition) is 1. The number of nitrogens with one attached hydrogen (secondary N) is 1. The average Bonchev–Trinajstić information content (AvgIpc) is 2.50. The predicted molar refractivity (Wildman–Crippen MR) is 85.4 cm³/mol. The van der Waals surface area contributed by atoms with Crippen molar-refractivity contribution in [3.8, 4) is 0 Å². The van der Waals surface area contributed by atoms with E-state index in [4.69, 9.17) is 4.74 Å². The number of anilines is 1. The van der Waals surface area contributed by atoms with Gasteiger partial charge in [0.25, 0.3) is 5.56 Å². The minimum absolute atomic E-state index is 0.0276. The molecule has 0 spiro atoms. The van der Waals surface area contributed by atoms with Gasteiger partial charge in [-0.15, -0.1) is 0 Å². The van der Waals surface area contributed by atoms with Crippen molar-refractivity contribution in [3.05, 3.63) is 39.9 Å². The van der Waals surface area contributed by atoms with Crippen molar-refractivity contribution in [1.82, 2.24) is 9.38 Å². The van der Waals surface area contributed by atoms with Gasteiger partial charge in [-0.3, -0.25) is 18.8 Å². The highest BCUT2D eigenvalue weighted by molar-refractivity contribution is 5.93. The van der Waals surface area contributed by atoms with E-state index in [0.29, 0.717) is 11.3 Å². The Bertz CT molecular complexity index is 811. The fourth-order valence-corrected chi connectivity index (χ4v) is 2.15. The van der Waals surface area contributed by atoms with Crippen LogP contribution < -0.4 is 10.9 Å². The van der Waals surface area contributed by atoms with Gasteiger partial charge in [0.1, 0.15) is 11.3 Å². The van der Waals surface area contributed by atoms with Crippen LogP contribution in [0.3, 0.4) is 0 Å². The monoisotopic (exact) mass is 317 g/mol. The third kappa shape index (κ3) is 3.94. The molecule has 0 aliphatic carbocycles. The topological polar surface area (TPSA) is 89.8 Å². The summed E-state index contributed by atoms with van der Waals surface area (Å²) >= 11 is 0. The van der Waals surface area contributed by atoms with Gasteiger partial charge in [-0.25, -0.2) is 4.98 Å². The minimum Gasteiger partial charge on any atom is -0.466 e. The van der Waals surface area contributed by atoms with Crippen molar-refractivity contribution >= 4 is 23.2 Å². The van der Waals surface area contributed by atoms with Crippen LogP contribution in [0.5, 0.6) is 0 Å². The summed E-state index contributed by atoms with van der Waals surface area (Å²) in [6.07, 6.45) is 1.59. The Kier molecular flexibility index (Phi) is 5.10. The molecular weight excluding hydrogens is 298 g/mol. The molecule has 2 aromatic heterocycles. The smallest absolute Gasteiger partial charge is 0.306 e. The van der Waals surface area contributed by atoms with Crippen molar-refractivity contribution < 1.29 is 14.3 Å². The average molecular weight is 317 g/mol. The highest BCUT2D eigenvalue weighted by Crippen LogP contribution is 2.10. The summed E-state index contributed by atoms with van der Waals surface area (Å²) in [6.45, 7) is 5.49. The lowest BCUT2D eigenvalue weighted by Gasteiger charge is -2.10. The molecule has 0 aromatic carbocycles. The highest BCUT2D eigenvalue weighted by Gasteiger charge is 2.14. The predicted octanol–water partition coefficient (Wildman–Crippen LogP) is 1.59. The molecular formula is C16H19N3O4. The van der Waals surface area contributed by atoms with E-state index < -0.39 is 11.9 Å². The van der Waals surface area contributed by atoms with E-state index in [1.165, 1.54) is 4.40 Å². The second-order valence-corrected chi connectivity index (χ2v) is 5.17. The summed E-state index contributed by atoms with van der Waals surface area (Å²) < 4.78 is 6.16. The molecule has 1 amide bonds. The van der Waals surface area contributed by atoms with Gasteiger partial charge in [0.2, 0.25) is 5.91 Å². The zero-order valence-electron chi connectivity index (χ0n) is 13.4. The molecule has 0 bridgehead atoms. The highest BCUT2D eigenvalue weighted by atomic mass is 16.5. The number of rotatable bonds is 5. The van der Waals surface area contributed by atoms with Crippen LogP contribution in [0, 0.1) is 13.8 Å². The third-order valence-electron chi connectivity index (χ3n) is 3.28. The van der Waals surface area contributed by atoms with Gasteiger partial charge in [-0.05, 0) is 32.4 Å². The molecule has 0 unspecified atom stereocenters. The minimum atomic E-state index is -0.441. The van der Waals surface area contributed by atoms with Crippen LogP contribution in [0.15, 0.2) is 23.1 Å². The van der Waals surface area contributed by atoms with Crippen molar-refractivity contribution in [1.29, 1.82) is 0 Å². The number of fused-ring (bicyclic) bond motifs is 1. The van der Waals surface area contributed by atoms with Gasteiger partial charge < -0.3 is 10.1 Å². The van der Waals surface area contributed by atoms with E-state index >= 15 is 0 Å². The number of ether oxygens (including phenoxy) is 1. The lowest BCUT2D eigenvalue weighted by Crippen LogP contribution is -2.25. The summed E-state index contributed by atoms with van der Waals surface area (Å²) in [4.78, 5) is 40.0. The van der Waals surface area contributed by atoms with Crippen molar-refractivity contribution in [2.24, 2.45) is 0 Å². The Morgan fingerprint density at radius 2 is 2.00 bits per heavy atom. The number of pyridine rings is 1. The first kappa shape index (κ1) is 16.7. The molecule has 0 fully saturated rings. The van der Waals surface area contributed by atoms with Crippen LogP contribution in [0.2, 0.25) is 0 Å². The fraction of sp³-hybridized carbons (Fsp3) is 0.375. The Balaban J connectivity index is 2.21. The number of aromatic nitrogens is 2. The first-order valence-electron chi connectivity index (χ1n) is 7.37. The van der Waals surface area contributed by atoms with E-state index in [-0.39, 0.29) is 30.7 Å². The first-order chi connectivity index (χ1) is 10.9. The molecule has 23 heavy (non-hydrogen) atoms. The molecule has 1 N–H and O–H groups in total. The van der Waals surface area contributed by atoms with Crippen LogP contribution in [0.4, 0.5) is 5.69 Å². The van der Waals surface area contributed by atoms with Crippen LogP contribution in [-0.2, 0) is 14.3 Å². The SMILES string of the molecule is CCOC(=O)CCC(=O)Nc1c(C)nc2ccc(C)cn2c1=O. The number of aryl methyl sites for hydroxylation is 2. The Labute approximate surface area is 133 Å². The summed E-state index contributed by atoms with van der Waals surface area (Å²) in [6, 6.07) is 3.61. The maximum Gasteiger partial charge on any atom is 0.306 e. The van der Waals surface area contributed by atoms with Crippen LogP contribution in [-0.4, -0.2) is 27.9 Å². The van der Waals surface area contributed by atoms with E-state index in [1.807, 2.05) is 13.0 Å². The fourth-order valence-electron chi connectivity index (χ4n) is 2.15. The summed E-state index contributed by atoms with van der Waals surface area (Å²) in [7, 11) is 0. The first-order valence-corrected chi connectivity index (χ1v) is 7.37. The van der Waals surface area contributed by atoms with Gasteiger partial charge in [-0.1, -0.05) is 6.07 Å². The zero-order valence-corrected chi connectivity index (χ0v) is 13.4. The largest absolute Gasteiger partial charge is 0.466 e. The molecule has 2 heterocycles. The van der Waals surface area contributed by atoms with E-state index in [0.717, 1.165) is 5.56 Å². The van der Waals surface area contributed by atoms with Crippen molar-refractivity contribution in [2.75, 3.05) is 11.9 Å². The maximum atomic E-state index is 12.5. The normalized spacial score (nSPS) is 10.6. The zero-order chi connectivity index (χ0) is 17.0. The number of esters is 1. The van der Waals surface area contributed by atoms with E-state index in [1.54, 1.807) is 26.1 Å². The second-order valence-electron chi connectivity index (χ2n) is 5.17. The lowest BCUT2D eigenvalue weighted by atomic mass is 10.2. The number of carbonyl (C=O) groups is 2. The molecule has 7 nitrogen and oxygen atoms in total. The Hall–Kier alpha value is -2.70. The maximum absolute atomic E-state index is 12.5. The number of nitrogens with zero attached hydrogens (tertiary/aromatic N) is 2. The lowest BCUT2D eigenvalue weighted by molar-refractivity contribution is -0.144. The Morgan fingerprint density at radius 3 is 2.70 bits per heavy atom. The summed E-state index contributed by atoms with van der Waals surface area (Å²) in [5, 5.41) is 2.55. The standard InChI is InChI=1S/C16H19N3O4/c1-4-23-14(21)8-7-13(20)18-15-11(3)17-12-6-5-10(2)9-19(12)16(15)22/h5-6,9H,4,7-8H2,1-3H3,(H,18,20). The quantitative estimate of drug-likeness (QED) is 0.846. The molecule has 7 heteroatoms. The van der Waals surface area contributed by atoms with Gasteiger partial charge in [0, 0.05) is 12.6 Å².